The van der Waals surface area contributed by atoms with E-state index in [9.17, 15) is 0 Å². The number of nitrogens with zero attached hydrogens (tertiary/aromatic N) is 1. The number of benzene rings is 1. The number of ether oxygens (including phenoxy) is 1. The third-order valence-corrected chi connectivity index (χ3v) is 3.28. The van der Waals surface area contributed by atoms with Gasteiger partial charge in [0.15, 0.2) is 0 Å². The second-order valence-corrected chi connectivity index (χ2v) is 4.62. The van der Waals surface area contributed by atoms with Gasteiger partial charge in [0.05, 0.1) is 6.10 Å². The van der Waals surface area contributed by atoms with E-state index in [0.717, 1.165) is 17.0 Å². The van der Waals surface area contributed by atoms with Crippen molar-refractivity contribution >= 4 is 6.01 Å². The van der Waals surface area contributed by atoms with Gasteiger partial charge in [0, 0.05) is 5.56 Å². The third-order valence-electron chi connectivity index (χ3n) is 3.28. The molecule has 0 spiro atoms. The zero-order chi connectivity index (χ0) is 12.4. The van der Waals surface area contributed by atoms with Crippen LogP contribution >= 0.6 is 0 Å². The van der Waals surface area contributed by atoms with Gasteiger partial charge in [-0.2, -0.15) is 4.98 Å². The van der Waals surface area contributed by atoms with Crippen molar-refractivity contribution < 1.29 is 9.15 Å². The molecule has 0 atom stereocenters. The highest BCUT2D eigenvalue weighted by atomic mass is 16.5. The van der Waals surface area contributed by atoms with E-state index in [1.54, 1.807) is 6.26 Å². The Balaban J connectivity index is 1.72. The summed E-state index contributed by atoms with van der Waals surface area (Å²) in [6.07, 6.45) is 6.84. The maximum absolute atomic E-state index is 5.90. The van der Waals surface area contributed by atoms with Crippen molar-refractivity contribution in [2.75, 3.05) is 5.73 Å². The van der Waals surface area contributed by atoms with Gasteiger partial charge in [-0.05, 0) is 49.9 Å². The molecule has 3 rings (SSSR count). The number of rotatable bonds is 3. The first-order valence-electron chi connectivity index (χ1n) is 6.29. The first-order chi connectivity index (χ1) is 8.81. The van der Waals surface area contributed by atoms with Gasteiger partial charge in [-0.3, -0.25) is 0 Å². The van der Waals surface area contributed by atoms with Gasteiger partial charge in [0.25, 0.3) is 6.01 Å². The van der Waals surface area contributed by atoms with E-state index in [2.05, 4.69) is 4.98 Å². The highest BCUT2D eigenvalue weighted by Gasteiger charge is 2.16. The Morgan fingerprint density at radius 2 is 1.89 bits per heavy atom. The Labute approximate surface area is 106 Å². The van der Waals surface area contributed by atoms with Crippen LogP contribution in [-0.2, 0) is 0 Å². The predicted octanol–water partition coefficient (Wildman–Crippen LogP) is 3.25. The zero-order valence-corrected chi connectivity index (χ0v) is 10.1. The first-order valence-corrected chi connectivity index (χ1v) is 6.29. The molecule has 1 aromatic carbocycles. The van der Waals surface area contributed by atoms with Gasteiger partial charge in [0.2, 0.25) is 0 Å². The molecular formula is C14H16N2O2. The molecule has 18 heavy (non-hydrogen) atoms. The smallest absolute Gasteiger partial charge is 0.292 e. The van der Waals surface area contributed by atoms with Crippen LogP contribution in [0.2, 0.25) is 0 Å². The molecular weight excluding hydrogens is 228 g/mol. The minimum Gasteiger partial charge on any atom is -0.490 e. The fraction of sp³-hybridized carbons (Fsp3) is 0.357. The van der Waals surface area contributed by atoms with E-state index in [-0.39, 0.29) is 6.01 Å². The highest BCUT2D eigenvalue weighted by Crippen LogP contribution is 2.26. The minimum atomic E-state index is 0.191. The summed E-state index contributed by atoms with van der Waals surface area (Å²) in [5.41, 5.74) is 7.18. The van der Waals surface area contributed by atoms with Crippen LogP contribution in [0.25, 0.3) is 11.3 Å². The van der Waals surface area contributed by atoms with Gasteiger partial charge < -0.3 is 14.9 Å². The summed E-state index contributed by atoms with van der Waals surface area (Å²) in [6.45, 7) is 0. The minimum absolute atomic E-state index is 0.191. The molecule has 0 radical (unpaired) electrons. The van der Waals surface area contributed by atoms with Crippen LogP contribution in [-0.4, -0.2) is 11.1 Å². The van der Waals surface area contributed by atoms with Gasteiger partial charge in [-0.1, -0.05) is 0 Å². The third kappa shape index (κ3) is 2.32. The average Bonchev–Trinajstić information content (AvgIpc) is 3.02. The van der Waals surface area contributed by atoms with E-state index in [4.69, 9.17) is 14.9 Å². The molecule has 1 aliphatic carbocycles. The normalized spacial score (nSPS) is 16.0. The summed E-state index contributed by atoms with van der Waals surface area (Å²) in [4.78, 5) is 4.08. The molecule has 2 aromatic rings. The Morgan fingerprint density at radius 1 is 1.17 bits per heavy atom. The van der Waals surface area contributed by atoms with Crippen molar-refractivity contribution in [1.29, 1.82) is 0 Å². The standard InChI is InChI=1S/C14H16N2O2/c15-14-16-13(9-17-14)10-5-7-12(8-6-10)18-11-3-1-2-4-11/h5-9,11H,1-4H2,(H2,15,16). The maximum Gasteiger partial charge on any atom is 0.292 e. The topological polar surface area (TPSA) is 61.3 Å². The van der Waals surface area contributed by atoms with Crippen molar-refractivity contribution in [2.45, 2.75) is 31.8 Å². The number of aromatic nitrogens is 1. The summed E-state index contributed by atoms with van der Waals surface area (Å²) in [5.74, 6) is 0.919. The summed E-state index contributed by atoms with van der Waals surface area (Å²) in [7, 11) is 0. The van der Waals surface area contributed by atoms with E-state index in [1.165, 1.54) is 25.7 Å². The van der Waals surface area contributed by atoms with Gasteiger partial charge in [-0.25, -0.2) is 0 Å². The second kappa shape index (κ2) is 4.72. The summed E-state index contributed by atoms with van der Waals surface area (Å²) in [6, 6.07) is 8.08. The maximum atomic E-state index is 5.90. The lowest BCUT2D eigenvalue weighted by Crippen LogP contribution is -2.10. The molecule has 4 heteroatoms. The molecule has 0 unspecified atom stereocenters. The molecule has 94 valence electrons. The van der Waals surface area contributed by atoms with Crippen LogP contribution in [0.5, 0.6) is 5.75 Å². The van der Waals surface area contributed by atoms with Crippen LogP contribution in [0, 0.1) is 0 Å². The lowest BCUT2D eigenvalue weighted by molar-refractivity contribution is 0.210. The number of nitrogen functional groups attached to an aromatic ring is 1. The van der Waals surface area contributed by atoms with Crippen molar-refractivity contribution in [3.8, 4) is 17.0 Å². The molecule has 0 bridgehead atoms. The van der Waals surface area contributed by atoms with Crippen molar-refractivity contribution in [1.82, 2.24) is 4.98 Å². The van der Waals surface area contributed by atoms with Gasteiger partial charge in [-0.15, -0.1) is 0 Å². The number of nitrogens with two attached hydrogens (primary N) is 1. The predicted molar refractivity (Wildman–Crippen MR) is 69.2 cm³/mol. The lowest BCUT2D eigenvalue weighted by Gasteiger charge is -2.12. The summed E-state index contributed by atoms with van der Waals surface area (Å²) < 4.78 is 10.9. The highest BCUT2D eigenvalue weighted by molar-refractivity contribution is 5.59. The summed E-state index contributed by atoms with van der Waals surface area (Å²) in [5, 5.41) is 0. The molecule has 1 heterocycles. The van der Waals surface area contributed by atoms with E-state index < -0.39 is 0 Å². The van der Waals surface area contributed by atoms with Gasteiger partial charge in [0.1, 0.15) is 17.7 Å². The number of hydrogen-bond acceptors (Lipinski definition) is 4. The zero-order valence-electron chi connectivity index (χ0n) is 10.1. The molecule has 1 aromatic heterocycles. The van der Waals surface area contributed by atoms with E-state index >= 15 is 0 Å². The monoisotopic (exact) mass is 244 g/mol. The SMILES string of the molecule is Nc1nc(-c2ccc(OC3CCCC3)cc2)co1. The van der Waals surface area contributed by atoms with E-state index in [0.29, 0.717) is 6.10 Å². The molecule has 0 saturated heterocycles. The number of hydrogen-bond donors (Lipinski definition) is 1. The van der Waals surface area contributed by atoms with Crippen LogP contribution < -0.4 is 10.5 Å². The van der Waals surface area contributed by atoms with Crippen molar-refractivity contribution in [2.24, 2.45) is 0 Å². The van der Waals surface area contributed by atoms with Crippen LogP contribution in [0.3, 0.4) is 0 Å². The Hall–Kier alpha value is -1.97. The molecule has 0 aliphatic heterocycles. The average molecular weight is 244 g/mol. The molecule has 1 saturated carbocycles. The Bertz CT molecular complexity index is 513. The van der Waals surface area contributed by atoms with Crippen molar-refractivity contribution in [3.63, 3.8) is 0 Å². The molecule has 0 amide bonds. The van der Waals surface area contributed by atoms with Gasteiger partial charge >= 0.3 is 0 Å². The summed E-state index contributed by atoms with van der Waals surface area (Å²) >= 11 is 0. The Kier molecular flexibility index (Phi) is 2.92. The fourth-order valence-electron chi connectivity index (χ4n) is 2.32. The number of anilines is 1. The Morgan fingerprint density at radius 3 is 2.50 bits per heavy atom. The van der Waals surface area contributed by atoms with E-state index in [1.807, 2.05) is 24.3 Å². The van der Waals surface area contributed by atoms with Crippen LogP contribution in [0.4, 0.5) is 6.01 Å². The lowest BCUT2D eigenvalue weighted by atomic mass is 10.1. The fourth-order valence-corrected chi connectivity index (χ4v) is 2.32. The molecule has 1 aliphatic rings. The number of oxazole rings is 1. The largest absolute Gasteiger partial charge is 0.490 e. The first kappa shape index (κ1) is 11.1. The second-order valence-electron chi connectivity index (χ2n) is 4.62. The van der Waals surface area contributed by atoms with Crippen LogP contribution in [0.1, 0.15) is 25.7 Å². The molecule has 4 nitrogen and oxygen atoms in total. The van der Waals surface area contributed by atoms with Crippen molar-refractivity contribution in [3.05, 3.63) is 30.5 Å². The van der Waals surface area contributed by atoms with Crippen LogP contribution in [0.15, 0.2) is 34.9 Å². The molecule has 2 N–H and O–H groups in total. The quantitative estimate of drug-likeness (QED) is 0.900. The molecule has 1 fully saturated rings.